The third-order valence-electron chi connectivity index (χ3n) is 2.03. The molecule has 1 aromatic carbocycles. The van der Waals surface area contributed by atoms with Crippen molar-refractivity contribution in [2.45, 2.75) is 6.92 Å². The standard InChI is InChI=1S/C13H12O5/c1-3-18-13-10(4-5-12(15)16)6-9(8-14)7-11(13)17-2/h6-8H,3H2,1-2H3,(H,15,16). The Bertz CT molecular complexity index is 522. The van der Waals surface area contributed by atoms with E-state index in [1.54, 1.807) is 6.92 Å². The predicted octanol–water partition coefficient (Wildman–Crippen LogP) is 1.34. The number of hydrogen-bond donors (Lipinski definition) is 1. The number of aldehydes is 1. The van der Waals surface area contributed by atoms with Gasteiger partial charge in [-0.3, -0.25) is 4.79 Å². The molecule has 5 nitrogen and oxygen atoms in total. The predicted molar refractivity (Wildman–Crippen MR) is 64.1 cm³/mol. The van der Waals surface area contributed by atoms with Crippen molar-refractivity contribution in [2.75, 3.05) is 13.7 Å². The number of benzene rings is 1. The Balaban J connectivity index is 3.39. The quantitative estimate of drug-likeness (QED) is 0.643. The van der Waals surface area contributed by atoms with Crippen LogP contribution < -0.4 is 9.47 Å². The summed E-state index contributed by atoms with van der Waals surface area (Å²) in [6.45, 7) is 2.15. The van der Waals surface area contributed by atoms with Crippen LogP contribution in [0.25, 0.3) is 0 Å². The average Bonchev–Trinajstić information content (AvgIpc) is 2.37. The Morgan fingerprint density at radius 2 is 2.22 bits per heavy atom. The third-order valence-corrected chi connectivity index (χ3v) is 2.03. The second kappa shape index (κ2) is 6.30. The summed E-state index contributed by atoms with van der Waals surface area (Å²) >= 11 is 0. The summed E-state index contributed by atoms with van der Waals surface area (Å²) in [6.07, 6.45) is 0.629. The highest BCUT2D eigenvalue weighted by Gasteiger charge is 2.11. The van der Waals surface area contributed by atoms with Crippen molar-refractivity contribution in [1.29, 1.82) is 0 Å². The minimum atomic E-state index is -1.26. The van der Waals surface area contributed by atoms with Crippen molar-refractivity contribution in [3.05, 3.63) is 23.3 Å². The number of carbonyl (C=O) groups is 2. The van der Waals surface area contributed by atoms with E-state index in [1.165, 1.54) is 19.2 Å². The van der Waals surface area contributed by atoms with Gasteiger partial charge in [0.15, 0.2) is 11.5 Å². The number of carbonyl (C=O) groups excluding carboxylic acids is 1. The molecule has 0 aliphatic rings. The molecule has 18 heavy (non-hydrogen) atoms. The molecule has 0 amide bonds. The van der Waals surface area contributed by atoms with Gasteiger partial charge in [0.25, 0.3) is 0 Å². The molecule has 0 atom stereocenters. The lowest BCUT2D eigenvalue weighted by atomic mass is 10.1. The fourth-order valence-electron chi connectivity index (χ4n) is 1.35. The van der Waals surface area contributed by atoms with Crippen LogP contribution in [0, 0.1) is 11.8 Å². The SMILES string of the molecule is CCOc1c(C#CC(=O)O)cc(C=O)cc1OC. The van der Waals surface area contributed by atoms with Crippen molar-refractivity contribution < 1.29 is 24.2 Å². The Kier molecular flexibility index (Phi) is 4.76. The molecule has 0 aromatic heterocycles. The topological polar surface area (TPSA) is 72.8 Å². The van der Waals surface area contributed by atoms with Crippen LogP contribution in [0.2, 0.25) is 0 Å². The first-order valence-corrected chi connectivity index (χ1v) is 5.17. The monoisotopic (exact) mass is 248 g/mol. The maximum absolute atomic E-state index is 10.8. The molecule has 0 aliphatic carbocycles. The van der Waals surface area contributed by atoms with E-state index in [-0.39, 0.29) is 0 Å². The number of carboxylic acid groups (broad SMARTS) is 1. The van der Waals surface area contributed by atoms with E-state index in [9.17, 15) is 9.59 Å². The minimum absolute atomic E-state index is 0.306. The highest BCUT2D eigenvalue weighted by Crippen LogP contribution is 2.32. The van der Waals surface area contributed by atoms with Crippen molar-refractivity contribution in [3.63, 3.8) is 0 Å². The molecule has 0 heterocycles. The first kappa shape index (κ1) is 13.6. The van der Waals surface area contributed by atoms with Gasteiger partial charge in [-0.2, -0.15) is 0 Å². The first-order valence-electron chi connectivity index (χ1n) is 5.17. The summed E-state index contributed by atoms with van der Waals surface area (Å²) in [5.74, 6) is 3.83. The summed E-state index contributed by atoms with van der Waals surface area (Å²) in [5.41, 5.74) is 0.644. The zero-order chi connectivity index (χ0) is 13.5. The highest BCUT2D eigenvalue weighted by atomic mass is 16.5. The van der Waals surface area contributed by atoms with Gasteiger partial charge in [-0.25, -0.2) is 4.79 Å². The second-order valence-corrected chi connectivity index (χ2v) is 3.21. The van der Waals surface area contributed by atoms with E-state index in [1.807, 2.05) is 5.92 Å². The smallest absolute Gasteiger partial charge is 0.382 e. The van der Waals surface area contributed by atoms with Gasteiger partial charge in [-0.15, -0.1) is 0 Å². The van der Waals surface area contributed by atoms with Gasteiger partial charge in [-0.1, -0.05) is 5.92 Å². The van der Waals surface area contributed by atoms with Gasteiger partial charge in [0, 0.05) is 11.5 Å². The summed E-state index contributed by atoms with van der Waals surface area (Å²) in [7, 11) is 1.43. The zero-order valence-corrected chi connectivity index (χ0v) is 10.0. The molecular formula is C13H12O5. The van der Waals surface area contributed by atoms with Gasteiger partial charge in [0.2, 0.25) is 0 Å². The normalized spacial score (nSPS) is 9.00. The molecule has 1 N–H and O–H groups in total. The lowest BCUT2D eigenvalue weighted by molar-refractivity contribution is -0.130. The van der Waals surface area contributed by atoms with Gasteiger partial charge in [0.1, 0.15) is 6.29 Å². The lowest BCUT2D eigenvalue weighted by Crippen LogP contribution is -2.00. The van der Waals surface area contributed by atoms with E-state index >= 15 is 0 Å². The van der Waals surface area contributed by atoms with E-state index in [2.05, 4.69) is 5.92 Å². The molecule has 0 saturated heterocycles. The number of hydrogen-bond acceptors (Lipinski definition) is 4. The van der Waals surface area contributed by atoms with Crippen LogP contribution in [0.5, 0.6) is 11.5 Å². The Hall–Kier alpha value is -2.48. The Labute approximate surface area is 104 Å². The number of methoxy groups -OCH3 is 1. The van der Waals surface area contributed by atoms with Gasteiger partial charge < -0.3 is 14.6 Å². The van der Waals surface area contributed by atoms with E-state index in [0.29, 0.717) is 35.5 Å². The molecule has 1 aromatic rings. The van der Waals surface area contributed by atoms with Crippen LogP contribution in [-0.4, -0.2) is 31.1 Å². The summed E-state index contributed by atoms with van der Waals surface area (Å²) in [6, 6.07) is 2.96. The van der Waals surface area contributed by atoms with Crippen LogP contribution in [0.1, 0.15) is 22.8 Å². The zero-order valence-electron chi connectivity index (χ0n) is 10.0. The minimum Gasteiger partial charge on any atom is -0.493 e. The molecule has 0 aliphatic heterocycles. The number of ether oxygens (including phenoxy) is 2. The van der Waals surface area contributed by atoms with Crippen molar-refractivity contribution in [1.82, 2.24) is 0 Å². The number of aliphatic carboxylic acids is 1. The third kappa shape index (κ3) is 3.25. The highest BCUT2D eigenvalue weighted by molar-refractivity contribution is 5.88. The number of rotatable bonds is 4. The van der Waals surface area contributed by atoms with Gasteiger partial charge in [-0.05, 0) is 19.1 Å². The molecule has 0 saturated carbocycles. The average molecular weight is 248 g/mol. The van der Waals surface area contributed by atoms with Crippen LogP contribution >= 0.6 is 0 Å². The van der Waals surface area contributed by atoms with Crippen molar-refractivity contribution in [2.24, 2.45) is 0 Å². The summed E-state index contributed by atoms with van der Waals surface area (Å²) < 4.78 is 10.4. The molecule has 0 bridgehead atoms. The molecule has 94 valence electrons. The van der Waals surface area contributed by atoms with E-state index < -0.39 is 5.97 Å². The Morgan fingerprint density at radius 1 is 1.50 bits per heavy atom. The molecule has 0 fully saturated rings. The molecule has 0 radical (unpaired) electrons. The van der Waals surface area contributed by atoms with Crippen LogP contribution in [-0.2, 0) is 4.79 Å². The molecule has 1 rings (SSSR count). The van der Waals surface area contributed by atoms with Gasteiger partial charge >= 0.3 is 5.97 Å². The van der Waals surface area contributed by atoms with Crippen LogP contribution in [0.15, 0.2) is 12.1 Å². The fourth-order valence-corrected chi connectivity index (χ4v) is 1.35. The molecule has 0 spiro atoms. The van der Waals surface area contributed by atoms with Crippen molar-refractivity contribution in [3.8, 4) is 23.3 Å². The Morgan fingerprint density at radius 3 is 2.72 bits per heavy atom. The molecule has 5 heteroatoms. The molecular weight excluding hydrogens is 236 g/mol. The molecule has 0 unspecified atom stereocenters. The van der Waals surface area contributed by atoms with Gasteiger partial charge in [0.05, 0.1) is 19.3 Å². The maximum atomic E-state index is 10.8. The summed E-state index contributed by atoms with van der Waals surface area (Å²) in [4.78, 5) is 21.2. The number of carboxylic acids is 1. The summed E-state index contributed by atoms with van der Waals surface area (Å²) in [5, 5.41) is 8.53. The van der Waals surface area contributed by atoms with Crippen molar-refractivity contribution >= 4 is 12.3 Å². The second-order valence-electron chi connectivity index (χ2n) is 3.21. The maximum Gasteiger partial charge on any atom is 0.382 e. The van der Waals surface area contributed by atoms with E-state index in [4.69, 9.17) is 14.6 Å². The fraction of sp³-hybridized carbons (Fsp3) is 0.231. The van der Waals surface area contributed by atoms with Crippen LogP contribution in [0.3, 0.4) is 0 Å². The first-order chi connectivity index (χ1) is 8.62. The lowest BCUT2D eigenvalue weighted by Gasteiger charge is -2.11. The van der Waals surface area contributed by atoms with E-state index in [0.717, 1.165) is 0 Å². The van der Waals surface area contributed by atoms with Crippen LogP contribution in [0.4, 0.5) is 0 Å². The largest absolute Gasteiger partial charge is 0.493 e.